The number of hydrogen-bond donors (Lipinski definition) is 0. The van der Waals surface area contributed by atoms with Gasteiger partial charge >= 0.3 is 0 Å². The number of hydrogen-bond acceptors (Lipinski definition) is 5. The number of nitriles is 1. The van der Waals surface area contributed by atoms with Crippen LogP contribution in [0.3, 0.4) is 0 Å². The molecule has 1 aliphatic rings. The second kappa shape index (κ2) is 16.5. The predicted molar refractivity (Wildman–Crippen MR) is 193 cm³/mol. The first-order valence-electron chi connectivity index (χ1n) is 15.9. The zero-order valence-electron chi connectivity index (χ0n) is 27.5. The van der Waals surface area contributed by atoms with Gasteiger partial charge in [-0.3, -0.25) is 0 Å². The van der Waals surface area contributed by atoms with E-state index in [9.17, 15) is 5.26 Å². The van der Waals surface area contributed by atoms with Crippen molar-refractivity contribution >= 4 is 35.3 Å². The molecule has 236 valence electrons. The van der Waals surface area contributed by atoms with Crippen LogP contribution in [0.15, 0.2) is 101 Å². The quantitative estimate of drug-likeness (QED) is 0.101. The summed E-state index contributed by atoms with van der Waals surface area (Å²) in [5.74, 6) is 1.22. The lowest BCUT2D eigenvalue weighted by Crippen LogP contribution is -2.25. The van der Waals surface area contributed by atoms with Crippen molar-refractivity contribution in [2.24, 2.45) is 0 Å². The van der Waals surface area contributed by atoms with Crippen molar-refractivity contribution in [3.05, 3.63) is 134 Å². The van der Waals surface area contributed by atoms with Crippen LogP contribution in [0.4, 0.5) is 5.69 Å². The summed E-state index contributed by atoms with van der Waals surface area (Å²) in [6, 6.07) is 22.7. The fourth-order valence-corrected chi connectivity index (χ4v) is 6.23. The number of rotatable bonds is 14. The molecule has 0 aliphatic carbocycles. The van der Waals surface area contributed by atoms with Crippen LogP contribution >= 0.6 is 11.3 Å². The molecule has 0 fully saturated rings. The molecule has 0 bridgehead atoms. The highest BCUT2D eigenvalue weighted by atomic mass is 32.1. The largest absolute Gasteiger partial charge is 0.496 e. The molecule has 0 N–H and O–H groups in total. The van der Waals surface area contributed by atoms with Crippen molar-refractivity contribution in [1.29, 1.82) is 5.26 Å². The van der Waals surface area contributed by atoms with Crippen LogP contribution in [-0.4, -0.2) is 20.2 Å². The molecule has 0 amide bonds. The third kappa shape index (κ3) is 8.08. The van der Waals surface area contributed by atoms with E-state index in [2.05, 4.69) is 78.2 Å². The number of ether oxygens (including phenoxy) is 2. The van der Waals surface area contributed by atoms with Crippen LogP contribution in [0.25, 0.3) is 23.1 Å². The van der Waals surface area contributed by atoms with Crippen molar-refractivity contribution in [1.82, 2.24) is 0 Å². The molecule has 0 radical (unpaired) electrons. The Hall–Kier alpha value is -4.78. The minimum Gasteiger partial charge on any atom is -0.496 e. The average molecular weight is 630 g/mol. The van der Waals surface area contributed by atoms with Gasteiger partial charge in [-0.2, -0.15) is 5.26 Å². The van der Waals surface area contributed by atoms with E-state index in [-0.39, 0.29) is 0 Å². The standard InChI is InChI=1S/C40H43N3O2S/c1-7-9-26-43(27-10-8-2)33-22-20-31(37(28-33)44-6)21-23-35-25-24-34(46-35)18-14-15-19-36-38(42-5)39(30(3)29-41)45-40(36,4)32-16-12-11-13-17-32/h11-25,28H,7-10,26-27H2,1-4,6H3/b18-14+,19-15+,23-21+,39-30+. The number of anilines is 1. The number of unbranched alkanes of at least 4 members (excludes halogenated alkanes) is 2. The van der Waals surface area contributed by atoms with Crippen molar-refractivity contribution in [2.45, 2.75) is 59.0 Å². The third-order valence-electron chi connectivity index (χ3n) is 8.09. The molecule has 1 aromatic heterocycles. The molecule has 0 saturated carbocycles. The number of thiophene rings is 1. The Morgan fingerprint density at radius 2 is 1.65 bits per heavy atom. The Bertz CT molecular complexity index is 1720. The number of allylic oxidation sites excluding steroid dienone is 3. The smallest absolute Gasteiger partial charge is 0.236 e. The van der Waals surface area contributed by atoms with Crippen molar-refractivity contribution < 1.29 is 9.47 Å². The Kier molecular flexibility index (Phi) is 12.2. The molecule has 1 unspecified atom stereocenters. The summed E-state index contributed by atoms with van der Waals surface area (Å²) in [6.07, 6.45) is 16.8. The van der Waals surface area contributed by atoms with Crippen molar-refractivity contribution in [3.63, 3.8) is 0 Å². The first kappa shape index (κ1) is 34.1. The fraction of sp³-hybridized carbons (Fsp3) is 0.300. The lowest BCUT2D eigenvalue weighted by molar-refractivity contribution is 0.0749. The Morgan fingerprint density at radius 3 is 2.28 bits per heavy atom. The average Bonchev–Trinajstić information content (AvgIpc) is 3.67. The van der Waals surface area contributed by atoms with E-state index in [0.717, 1.165) is 45.3 Å². The molecule has 0 spiro atoms. The van der Waals surface area contributed by atoms with Gasteiger partial charge < -0.3 is 14.4 Å². The molecule has 3 aromatic rings. The molecular weight excluding hydrogens is 587 g/mol. The van der Waals surface area contributed by atoms with E-state index < -0.39 is 5.60 Å². The highest BCUT2D eigenvalue weighted by molar-refractivity contribution is 7.13. The Labute approximate surface area is 278 Å². The lowest BCUT2D eigenvalue weighted by atomic mass is 9.87. The highest BCUT2D eigenvalue weighted by Crippen LogP contribution is 2.47. The van der Waals surface area contributed by atoms with E-state index in [1.165, 1.54) is 31.4 Å². The molecule has 2 heterocycles. The molecule has 5 nitrogen and oxygen atoms in total. The monoisotopic (exact) mass is 629 g/mol. The second-order valence-electron chi connectivity index (χ2n) is 11.4. The van der Waals surface area contributed by atoms with E-state index >= 15 is 0 Å². The van der Waals surface area contributed by atoms with Crippen LogP contribution in [0.2, 0.25) is 0 Å². The van der Waals surface area contributed by atoms with E-state index in [1.54, 1.807) is 25.4 Å². The minimum absolute atomic E-state index is 0.346. The number of benzene rings is 2. The van der Waals surface area contributed by atoms with Crippen LogP contribution in [0, 0.1) is 17.9 Å². The maximum atomic E-state index is 9.54. The number of methoxy groups -OCH3 is 1. The van der Waals surface area contributed by atoms with Crippen LogP contribution in [0.5, 0.6) is 5.75 Å². The number of nitrogens with zero attached hydrogens (tertiary/aromatic N) is 3. The van der Waals surface area contributed by atoms with Crippen LogP contribution in [-0.2, 0) is 10.3 Å². The summed E-state index contributed by atoms with van der Waals surface area (Å²) in [5, 5.41) is 9.54. The van der Waals surface area contributed by atoms with Crippen LogP contribution in [0.1, 0.15) is 74.3 Å². The van der Waals surface area contributed by atoms with Gasteiger partial charge in [-0.25, -0.2) is 4.85 Å². The van der Waals surface area contributed by atoms with Gasteiger partial charge in [-0.15, -0.1) is 11.3 Å². The maximum absolute atomic E-state index is 9.54. The summed E-state index contributed by atoms with van der Waals surface area (Å²) in [6.45, 7) is 18.1. The fourth-order valence-electron chi connectivity index (χ4n) is 5.40. The van der Waals surface area contributed by atoms with E-state index in [1.807, 2.05) is 55.5 Å². The van der Waals surface area contributed by atoms with Crippen molar-refractivity contribution in [2.75, 3.05) is 25.1 Å². The second-order valence-corrected chi connectivity index (χ2v) is 12.5. The summed E-state index contributed by atoms with van der Waals surface area (Å²) in [5.41, 5.74) is 3.81. The van der Waals surface area contributed by atoms with Gasteiger partial charge in [-0.05, 0) is 74.7 Å². The molecule has 0 saturated heterocycles. The first-order chi connectivity index (χ1) is 22.4. The first-order valence-corrected chi connectivity index (χ1v) is 16.7. The minimum atomic E-state index is -0.873. The molecular formula is C40H43N3O2S. The highest BCUT2D eigenvalue weighted by Gasteiger charge is 2.43. The van der Waals surface area contributed by atoms with Crippen molar-refractivity contribution in [3.8, 4) is 11.8 Å². The van der Waals surface area contributed by atoms with Gasteiger partial charge in [0.05, 0.1) is 25.3 Å². The molecule has 46 heavy (non-hydrogen) atoms. The van der Waals surface area contributed by atoms with Crippen LogP contribution < -0.4 is 9.64 Å². The maximum Gasteiger partial charge on any atom is 0.236 e. The molecule has 1 atom stereocenters. The summed E-state index contributed by atoms with van der Waals surface area (Å²) >= 11 is 1.70. The third-order valence-corrected chi connectivity index (χ3v) is 9.11. The van der Waals surface area contributed by atoms with Gasteiger partial charge in [0.25, 0.3) is 0 Å². The summed E-state index contributed by atoms with van der Waals surface area (Å²) in [7, 11) is 1.74. The Balaban J connectivity index is 1.51. The normalized spacial score (nSPS) is 17.5. The van der Waals surface area contributed by atoms with Gasteiger partial charge in [0.2, 0.25) is 5.70 Å². The van der Waals surface area contributed by atoms with E-state index in [0.29, 0.717) is 17.0 Å². The lowest BCUT2D eigenvalue weighted by Gasteiger charge is -2.28. The molecule has 6 heteroatoms. The van der Waals surface area contributed by atoms with Gasteiger partial charge in [0, 0.05) is 45.7 Å². The molecule has 1 aliphatic heterocycles. The van der Waals surface area contributed by atoms with E-state index in [4.69, 9.17) is 16.0 Å². The summed E-state index contributed by atoms with van der Waals surface area (Å²) < 4.78 is 12.1. The van der Waals surface area contributed by atoms with Gasteiger partial charge in [-0.1, -0.05) is 75.2 Å². The van der Waals surface area contributed by atoms with Gasteiger partial charge in [0.1, 0.15) is 17.1 Å². The molecule has 2 aromatic carbocycles. The Morgan fingerprint density at radius 1 is 0.978 bits per heavy atom. The summed E-state index contributed by atoms with van der Waals surface area (Å²) in [4.78, 5) is 8.51. The molecule has 4 rings (SSSR count). The predicted octanol–water partition coefficient (Wildman–Crippen LogP) is 10.8. The zero-order valence-corrected chi connectivity index (χ0v) is 28.4. The van der Waals surface area contributed by atoms with Gasteiger partial charge in [0.15, 0.2) is 0 Å². The topological polar surface area (TPSA) is 49.9 Å². The SMILES string of the molecule is [C-]#[N+]C1=C(/C=C/C=C/c2ccc(/C=C/c3ccc(N(CCCC)CCCC)cc3OC)s2)C(C)(c2ccccc2)O/C1=C(\C)C#N. The zero-order chi connectivity index (χ0) is 32.9.